The zero-order valence-electron chi connectivity index (χ0n) is 12.1. The van der Waals surface area contributed by atoms with Crippen LogP contribution < -0.4 is 10.6 Å². The zero-order valence-corrected chi connectivity index (χ0v) is 13.7. The summed E-state index contributed by atoms with van der Waals surface area (Å²) in [4.78, 5) is 16.0. The van der Waals surface area contributed by atoms with E-state index in [2.05, 4.69) is 21.7 Å². The van der Waals surface area contributed by atoms with E-state index in [0.29, 0.717) is 6.54 Å². The van der Waals surface area contributed by atoms with Crippen molar-refractivity contribution in [2.24, 2.45) is 0 Å². The Morgan fingerprint density at radius 2 is 2.27 bits per heavy atom. The first-order valence-corrected chi connectivity index (χ1v) is 6.91. The topological polar surface area (TPSA) is 59.0 Å². The highest BCUT2D eigenvalue weighted by molar-refractivity contribution is 5.85. The number of amides is 1. The Labute approximate surface area is 142 Å². The molecule has 1 saturated heterocycles. The average Bonchev–Trinajstić information content (AvgIpc) is 3.17. The summed E-state index contributed by atoms with van der Waals surface area (Å²) in [5.41, 5.74) is 2.13. The van der Waals surface area contributed by atoms with Gasteiger partial charge in [-0.3, -0.25) is 4.79 Å². The predicted molar refractivity (Wildman–Crippen MR) is 90.9 cm³/mol. The molecule has 1 aromatic heterocycles. The number of hydrogen-bond donors (Lipinski definition) is 2. The van der Waals surface area contributed by atoms with Crippen molar-refractivity contribution in [1.29, 1.82) is 0 Å². The Morgan fingerprint density at radius 3 is 2.95 bits per heavy atom. The van der Waals surface area contributed by atoms with Crippen molar-refractivity contribution < 1.29 is 4.79 Å². The molecule has 0 saturated carbocycles. The highest BCUT2D eigenvalue weighted by Gasteiger charge is 2.21. The van der Waals surface area contributed by atoms with E-state index in [1.54, 1.807) is 12.5 Å². The second-order valence-corrected chi connectivity index (χ2v) is 5.01. The average molecular weight is 343 g/mol. The van der Waals surface area contributed by atoms with Gasteiger partial charge in [0, 0.05) is 24.6 Å². The summed E-state index contributed by atoms with van der Waals surface area (Å²) >= 11 is 0. The van der Waals surface area contributed by atoms with E-state index in [4.69, 9.17) is 0 Å². The number of carbonyl (C=O) groups is 1. The molecule has 2 aromatic rings. The van der Waals surface area contributed by atoms with Gasteiger partial charge in [-0.15, -0.1) is 24.8 Å². The highest BCUT2D eigenvalue weighted by Crippen LogP contribution is 2.10. The van der Waals surface area contributed by atoms with Crippen LogP contribution in [0.4, 0.5) is 0 Å². The minimum absolute atomic E-state index is 0. The summed E-state index contributed by atoms with van der Waals surface area (Å²) < 4.78 is 1.95. The van der Waals surface area contributed by atoms with Crippen LogP contribution in [0.25, 0.3) is 5.69 Å². The molecule has 1 atom stereocenters. The molecule has 0 bridgehead atoms. The SMILES string of the molecule is Cl.Cl.O=C(NCc1cccc(-n2ccnc2)c1)C1CCCN1. The molecule has 22 heavy (non-hydrogen) atoms. The van der Waals surface area contributed by atoms with E-state index in [-0.39, 0.29) is 36.8 Å². The molecule has 5 nitrogen and oxygen atoms in total. The Bertz CT molecular complexity index is 583. The van der Waals surface area contributed by atoms with Crippen molar-refractivity contribution in [2.75, 3.05) is 6.54 Å². The van der Waals surface area contributed by atoms with E-state index in [9.17, 15) is 4.79 Å². The first kappa shape index (κ1) is 18.5. The normalized spacial score (nSPS) is 16.5. The fraction of sp³-hybridized carbons (Fsp3) is 0.333. The molecule has 1 unspecified atom stereocenters. The molecule has 1 aliphatic rings. The second kappa shape index (κ2) is 8.78. The maximum absolute atomic E-state index is 11.9. The molecule has 3 rings (SSSR count). The van der Waals surface area contributed by atoms with Crippen LogP contribution >= 0.6 is 24.8 Å². The zero-order chi connectivity index (χ0) is 13.8. The summed E-state index contributed by atoms with van der Waals surface area (Å²) in [6.45, 7) is 1.49. The Balaban J connectivity index is 0.00000121. The van der Waals surface area contributed by atoms with Gasteiger partial charge >= 0.3 is 0 Å². The van der Waals surface area contributed by atoms with E-state index < -0.39 is 0 Å². The number of halogens is 2. The quantitative estimate of drug-likeness (QED) is 0.894. The Kier molecular flexibility index (Phi) is 7.38. The van der Waals surface area contributed by atoms with Crippen molar-refractivity contribution in [2.45, 2.75) is 25.4 Å². The van der Waals surface area contributed by atoms with E-state index in [1.807, 2.05) is 29.0 Å². The maximum Gasteiger partial charge on any atom is 0.237 e. The van der Waals surface area contributed by atoms with E-state index >= 15 is 0 Å². The number of carbonyl (C=O) groups excluding carboxylic acids is 1. The predicted octanol–water partition coefficient (Wildman–Crippen LogP) is 2.08. The van der Waals surface area contributed by atoms with Crippen molar-refractivity contribution in [1.82, 2.24) is 20.2 Å². The van der Waals surface area contributed by atoms with Crippen LogP contribution in [-0.4, -0.2) is 28.0 Å². The van der Waals surface area contributed by atoms with Crippen molar-refractivity contribution in [3.05, 3.63) is 48.5 Å². The number of hydrogen-bond acceptors (Lipinski definition) is 3. The van der Waals surface area contributed by atoms with Gasteiger partial charge in [-0.1, -0.05) is 12.1 Å². The summed E-state index contributed by atoms with van der Waals surface area (Å²) in [5.74, 6) is 0.0931. The fourth-order valence-corrected chi connectivity index (χ4v) is 2.46. The van der Waals surface area contributed by atoms with Crippen LogP contribution in [0.15, 0.2) is 43.0 Å². The lowest BCUT2D eigenvalue weighted by molar-refractivity contribution is -0.122. The highest BCUT2D eigenvalue weighted by atomic mass is 35.5. The van der Waals surface area contributed by atoms with Crippen molar-refractivity contribution in [3.8, 4) is 5.69 Å². The smallest absolute Gasteiger partial charge is 0.237 e. The molecule has 0 radical (unpaired) electrons. The maximum atomic E-state index is 11.9. The van der Waals surface area contributed by atoms with Gasteiger partial charge in [0.2, 0.25) is 5.91 Å². The van der Waals surface area contributed by atoms with Gasteiger partial charge in [-0.2, -0.15) is 0 Å². The van der Waals surface area contributed by atoms with Crippen LogP contribution in [-0.2, 0) is 11.3 Å². The number of imidazole rings is 1. The molecule has 1 fully saturated rings. The number of aromatic nitrogens is 2. The summed E-state index contributed by atoms with van der Waals surface area (Å²) in [6, 6.07) is 8.06. The molecule has 2 heterocycles. The molecular formula is C15H20Cl2N4O. The Morgan fingerprint density at radius 1 is 1.41 bits per heavy atom. The van der Waals surface area contributed by atoms with Gasteiger partial charge in [0.1, 0.15) is 0 Å². The van der Waals surface area contributed by atoms with Gasteiger partial charge in [0.25, 0.3) is 0 Å². The first-order chi connectivity index (χ1) is 9.83. The fourth-order valence-electron chi connectivity index (χ4n) is 2.46. The van der Waals surface area contributed by atoms with Gasteiger partial charge in [-0.05, 0) is 37.1 Å². The molecule has 2 N–H and O–H groups in total. The molecule has 0 aliphatic carbocycles. The Hall–Kier alpha value is -1.56. The first-order valence-electron chi connectivity index (χ1n) is 6.91. The number of nitrogens with one attached hydrogen (secondary N) is 2. The molecule has 1 amide bonds. The molecule has 1 aliphatic heterocycles. The lowest BCUT2D eigenvalue weighted by Gasteiger charge is -2.11. The van der Waals surface area contributed by atoms with Crippen LogP contribution in [0.3, 0.4) is 0 Å². The van der Waals surface area contributed by atoms with Crippen LogP contribution in [0.1, 0.15) is 18.4 Å². The molecular weight excluding hydrogens is 323 g/mol. The number of nitrogens with zero attached hydrogens (tertiary/aromatic N) is 2. The van der Waals surface area contributed by atoms with E-state index in [1.165, 1.54) is 0 Å². The van der Waals surface area contributed by atoms with Crippen molar-refractivity contribution >= 4 is 30.7 Å². The summed E-state index contributed by atoms with van der Waals surface area (Å²) in [5, 5.41) is 6.19. The van der Waals surface area contributed by atoms with Gasteiger partial charge in [0.15, 0.2) is 0 Å². The lowest BCUT2D eigenvalue weighted by atomic mass is 10.1. The van der Waals surface area contributed by atoms with Crippen LogP contribution in [0.5, 0.6) is 0 Å². The minimum atomic E-state index is -0.0215. The van der Waals surface area contributed by atoms with Gasteiger partial charge < -0.3 is 15.2 Å². The second-order valence-electron chi connectivity index (χ2n) is 5.01. The monoisotopic (exact) mass is 342 g/mol. The van der Waals surface area contributed by atoms with Gasteiger partial charge in [-0.25, -0.2) is 4.98 Å². The number of rotatable bonds is 4. The molecule has 0 spiro atoms. The summed E-state index contributed by atoms with van der Waals surface area (Å²) in [6.07, 6.45) is 7.43. The van der Waals surface area contributed by atoms with Gasteiger partial charge in [0.05, 0.1) is 12.4 Å². The molecule has 1 aromatic carbocycles. The summed E-state index contributed by atoms with van der Waals surface area (Å²) in [7, 11) is 0. The lowest BCUT2D eigenvalue weighted by Crippen LogP contribution is -2.39. The molecule has 120 valence electrons. The van der Waals surface area contributed by atoms with Crippen molar-refractivity contribution in [3.63, 3.8) is 0 Å². The third kappa shape index (κ3) is 4.47. The third-order valence-electron chi connectivity index (χ3n) is 3.56. The largest absolute Gasteiger partial charge is 0.351 e. The van der Waals surface area contributed by atoms with E-state index in [0.717, 1.165) is 30.6 Å². The number of benzene rings is 1. The molecule has 7 heteroatoms. The minimum Gasteiger partial charge on any atom is -0.351 e. The van der Waals surface area contributed by atoms with Crippen LogP contribution in [0.2, 0.25) is 0 Å². The standard InChI is InChI=1S/C15H18N4O.2ClH/c20-15(14-5-2-6-17-14)18-10-12-3-1-4-13(9-12)19-8-7-16-11-19;;/h1,3-4,7-9,11,14,17H,2,5-6,10H2,(H,18,20);2*1H. The van der Waals surface area contributed by atoms with Crippen LogP contribution in [0, 0.1) is 0 Å². The third-order valence-corrected chi connectivity index (χ3v) is 3.56.